The van der Waals surface area contributed by atoms with Crippen LogP contribution in [-0.4, -0.2) is 11.9 Å². The first kappa shape index (κ1) is 13.7. The molecule has 3 nitrogen and oxygen atoms in total. The summed E-state index contributed by atoms with van der Waals surface area (Å²) in [5, 5.41) is 9.44. The Morgan fingerprint density at radius 3 is 2.58 bits per heavy atom. The minimum absolute atomic E-state index is 0.585. The summed E-state index contributed by atoms with van der Waals surface area (Å²) in [5.41, 5.74) is 2.78. The highest BCUT2D eigenvalue weighted by Gasteiger charge is 2.08. The molecule has 0 aliphatic rings. The zero-order valence-corrected chi connectivity index (χ0v) is 11.7. The SMILES string of the molecule is Cc1occc1CN(C)Cc1ccc(C#N)cc1Cl. The maximum Gasteiger partial charge on any atom is 0.105 e. The van der Waals surface area contributed by atoms with Crippen LogP contribution in [0.25, 0.3) is 0 Å². The molecule has 0 aliphatic heterocycles. The third kappa shape index (κ3) is 3.37. The smallest absolute Gasteiger partial charge is 0.105 e. The van der Waals surface area contributed by atoms with E-state index in [9.17, 15) is 0 Å². The highest BCUT2D eigenvalue weighted by Crippen LogP contribution is 2.20. The van der Waals surface area contributed by atoms with Gasteiger partial charge in [-0.3, -0.25) is 4.90 Å². The summed E-state index contributed by atoms with van der Waals surface area (Å²) in [6.45, 7) is 3.49. The second-order valence-electron chi connectivity index (χ2n) is 4.59. The maximum atomic E-state index is 8.81. The first-order valence-corrected chi connectivity index (χ1v) is 6.38. The van der Waals surface area contributed by atoms with Crippen molar-refractivity contribution in [3.05, 3.63) is 58.0 Å². The molecule has 19 heavy (non-hydrogen) atoms. The maximum absolute atomic E-state index is 8.81. The number of hydrogen-bond donors (Lipinski definition) is 0. The van der Waals surface area contributed by atoms with Gasteiger partial charge in [0, 0.05) is 23.7 Å². The predicted octanol–water partition coefficient (Wildman–Crippen LogP) is 3.75. The number of benzene rings is 1. The van der Waals surface area contributed by atoms with Crippen molar-refractivity contribution in [1.29, 1.82) is 5.26 Å². The van der Waals surface area contributed by atoms with Gasteiger partial charge in [-0.25, -0.2) is 0 Å². The number of furan rings is 1. The second-order valence-corrected chi connectivity index (χ2v) is 5.00. The Balaban J connectivity index is 2.05. The van der Waals surface area contributed by atoms with E-state index >= 15 is 0 Å². The number of hydrogen-bond acceptors (Lipinski definition) is 3. The molecule has 1 aromatic carbocycles. The van der Waals surface area contributed by atoms with Crippen LogP contribution in [0.2, 0.25) is 5.02 Å². The highest BCUT2D eigenvalue weighted by molar-refractivity contribution is 6.31. The van der Waals surface area contributed by atoms with Crippen molar-refractivity contribution >= 4 is 11.6 Å². The number of halogens is 1. The lowest BCUT2D eigenvalue weighted by Crippen LogP contribution is -2.17. The Labute approximate surface area is 118 Å². The van der Waals surface area contributed by atoms with E-state index in [0.717, 1.165) is 24.4 Å². The van der Waals surface area contributed by atoms with Gasteiger partial charge < -0.3 is 4.42 Å². The molecule has 0 bridgehead atoms. The largest absolute Gasteiger partial charge is 0.469 e. The van der Waals surface area contributed by atoms with Crippen molar-refractivity contribution in [3.8, 4) is 6.07 Å². The van der Waals surface area contributed by atoms with Gasteiger partial charge in [-0.1, -0.05) is 17.7 Å². The molecule has 0 atom stereocenters. The Hall–Kier alpha value is -1.76. The van der Waals surface area contributed by atoms with Gasteiger partial charge in [0.15, 0.2) is 0 Å². The van der Waals surface area contributed by atoms with Crippen LogP contribution in [0, 0.1) is 18.3 Å². The summed E-state index contributed by atoms with van der Waals surface area (Å²) in [6.07, 6.45) is 1.70. The summed E-state index contributed by atoms with van der Waals surface area (Å²) >= 11 is 6.17. The molecule has 2 rings (SSSR count). The van der Waals surface area contributed by atoms with E-state index < -0.39 is 0 Å². The molecule has 0 saturated carbocycles. The Kier molecular flexibility index (Phi) is 4.26. The summed E-state index contributed by atoms with van der Waals surface area (Å²) in [6, 6.07) is 9.45. The fourth-order valence-corrected chi connectivity index (χ4v) is 2.20. The summed E-state index contributed by atoms with van der Waals surface area (Å²) in [7, 11) is 2.03. The third-order valence-corrected chi connectivity index (χ3v) is 3.38. The molecule has 0 saturated heterocycles. The molecule has 98 valence electrons. The van der Waals surface area contributed by atoms with Crippen molar-refractivity contribution in [1.82, 2.24) is 4.90 Å². The monoisotopic (exact) mass is 274 g/mol. The van der Waals surface area contributed by atoms with Crippen molar-refractivity contribution in [2.24, 2.45) is 0 Å². The van der Waals surface area contributed by atoms with Gasteiger partial charge in [-0.15, -0.1) is 0 Å². The molecular weight excluding hydrogens is 260 g/mol. The van der Waals surface area contributed by atoms with Gasteiger partial charge >= 0.3 is 0 Å². The second kappa shape index (κ2) is 5.92. The first-order chi connectivity index (χ1) is 9.10. The van der Waals surface area contributed by atoms with E-state index in [-0.39, 0.29) is 0 Å². The van der Waals surface area contributed by atoms with Crippen LogP contribution >= 0.6 is 11.6 Å². The fourth-order valence-electron chi connectivity index (χ4n) is 1.96. The predicted molar refractivity (Wildman–Crippen MR) is 74.8 cm³/mol. The van der Waals surface area contributed by atoms with Crippen LogP contribution < -0.4 is 0 Å². The molecule has 4 heteroatoms. The van der Waals surface area contributed by atoms with E-state index in [2.05, 4.69) is 11.0 Å². The minimum atomic E-state index is 0.585. The zero-order valence-electron chi connectivity index (χ0n) is 11.0. The van der Waals surface area contributed by atoms with Gasteiger partial charge in [0.1, 0.15) is 5.76 Å². The van der Waals surface area contributed by atoms with Gasteiger partial charge in [0.05, 0.1) is 17.9 Å². The number of nitriles is 1. The number of rotatable bonds is 4. The highest BCUT2D eigenvalue weighted by atomic mass is 35.5. The van der Waals surface area contributed by atoms with Gasteiger partial charge in [0.2, 0.25) is 0 Å². The Morgan fingerprint density at radius 2 is 2.00 bits per heavy atom. The third-order valence-electron chi connectivity index (χ3n) is 3.03. The molecule has 0 amide bonds. The molecular formula is C15H15ClN2O. The van der Waals surface area contributed by atoms with E-state index in [1.807, 2.05) is 26.1 Å². The fraction of sp³-hybridized carbons (Fsp3) is 0.267. The normalized spacial score (nSPS) is 10.7. The molecule has 1 heterocycles. The average Bonchev–Trinajstić information content (AvgIpc) is 2.77. The summed E-state index contributed by atoms with van der Waals surface area (Å²) in [4.78, 5) is 2.16. The van der Waals surface area contributed by atoms with Crippen molar-refractivity contribution in [2.75, 3.05) is 7.05 Å². The van der Waals surface area contributed by atoms with Gasteiger partial charge in [-0.2, -0.15) is 5.26 Å². The molecule has 0 aliphatic carbocycles. The van der Waals surface area contributed by atoms with Crippen molar-refractivity contribution in [2.45, 2.75) is 20.0 Å². The quantitative estimate of drug-likeness (QED) is 0.853. The molecule has 0 radical (unpaired) electrons. The molecule has 0 N–H and O–H groups in total. The Morgan fingerprint density at radius 1 is 1.26 bits per heavy atom. The van der Waals surface area contributed by atoms with E-state index in [4.69, 9.17) is 21.3 Å². The summed E-state index contributed by atoms with van der Waals surface area (Å²) in [5.74, 6) is 0.942. The standard InChI is InChI=1S/C15H15ClN2O/c1-11-13(5-6-19-11)9-18(2)10-14-4-3-12(8-17)7-15(14)16/h3-7H,9-10H2,1-2H3. The first-order valence-electron chi connectivity index (χ1n) is 6.00. The molecule has 0 fully saturated rings. The van der Waals surface area contributed by atoms with Gasteiger partial charge in [-0.05, 0) is 37.7 Å². The summed E-state index contributed by atoms with van der Waals surface area (Å²) < 4.78 is 5.28. The van der Waals surface area contributed by atoms with Gasteiger partial charge in [0.25, 0.3) is 0 Å². The number of aryl methyl sites for hydroxylation is 1. The molecule has 0 spiro atoms. The van der Waals surface area contributed by atoms with E-state index in [1.54, 1.807) is 18.4 Å². The van der Waals surface area contributed by atoms with E-state index in [0.29, 0.717) is 10.6 Å². The van der Waals surface area contributed by atoms with Crippen molar-refractivity contribution < 1.29 is 4.42 Å². The topological polar surface area (TPSA) is 40.2 Å². The molecule has 0 unspecified atom stereocenters. The average molecular weight is 275 g/mol. The minimum Gasteiger partial charge on any atom is -0.469 e. The van der Waals surface area contributed by atoms with Crippen molar-refractivity contribution in [3.63, 3.8) is 0 Å². The van der Waals surface area contributed by atoms with Crippen LogP contribution in [0.3, 0.4) is 0 Å². The lowest BCUT2D eigenvalue weighted by atomic mass is 10.1. The molecule has 2 aromatic rings. The van der Waals surface area contributed by atoms with E-state index in [1.165, 1.54) is 5.56 Å². The number of nitrogens with zero attached hydrogens (tertiary/aromatic N) is 2. The van der Waals surface area contributed by atoms with Crippen LogP contribution in [-0.2, 0) is 13.1 Å². The van der Waals surface area contributed by atoms with Crippen LogP contribution in [0.4, 0.5) is 0 Å². The van der Waals surface area contributed by atoms with Crippen LogP contribution in [0.1, 0.15) is 22.5 Å². The lowest BCUT2D eigenvalue weighted by Gasteiger charge is -2.17. The molecule has 1 aromatic heterocycles. The zero-order chi connectivity index (χ0) is 13.8. The Bertz CT molecular complexity index is 613. The van der Waals surface area contributed by atoms with Crippen LogP contribution in [0.5, 0.6) is 0 Å². The van der Waals surface area contributed by atoms with Crippen LogP contribution in [0.15, 0.2) is 34.9 Å². The lowest BCUT2D eigenvalue weighted by molar-refractivity contribution is 0.316.